The summed E-state index contributed by atoms with van der Waals surface area (Å²) in [4.78, 5) is 30.4. The van der Waals surface area contributed by atoms with Crippen molar-refractivity contribution in [2.24, 2.45) is 5.92 Å². The van der Waals surface area contributed by atoms with E-state index in [0.717, 1.165) is 31.7 Å². The SMILES string of the molecule is CCC(=O)N(c1ccccc1)[C@]1(C(=O)OC)CCN(CCc2ccccc2)C[C@H]1C. The first-order valence-electron chi connectivity index (χ1n) is 10.8. The Kier molecular flexibility index (Phi) is 7.27. The summed E-state index contributed by atoms with van der Waals surface area (Å²) in [6.45, 7) is 6.31. The highest BCUT2D eigenvalue weighted by Gasteiger charge is 2.54. The summed E-state index contributed by atoms with van der Waals surface area (Å²) in [5.41, 5.74) is 1.06. The van der Waals surface area contributed by atoms with Crippen LogP contribution in [0.3, 0.4) is 0 Å². The molecule has 3 rings (SSSR count). The van der Waals surface area contributed by atoms with E-state index < -0.39 is 5.54 Å². The van der Waals surface area contributed by atoms with Gasteiger partial charge in [-0.1, -0.05) is 62.4 Å². The highest BCUT2D eigenvalue weighted by Crippen LogP contribution is 2.39. The first kappa shape index (κ1) is 22.0. The summed E-state index contributed by atoms with van der Waals surface area (Å²) < 4.78 is 5.27. The first-order valence-corrected chi connectivity index (χ1v) is 10.8. The molecular weight excluding hydrogens is 376 g/mol. The standard InChI is InChI=1S/C25H32N2O3/c1-4-23(28)27(22-13-9-6-10-14-22)25(24(29)30-3)16-18-26(19-20(25)2)17-15-21-11-7-5-8-12-21/h5-14,20H,4,15-19H2,1-3H3/t20-,25-/m1/s1. The number of piperidine rings is 1. The second-order valence-electron chi connectivity index (χ2n) is 8.02. The molecule has 5 nitrogen and oxygen atoms in total. The second kappa shape index (κ2) is 9.90. The molecule has 0 N–H and O–H groups in total. The number of ether oxygens (including phenoxy) is 1. The average Bonchev–Trinajstić information content (AvgIpc) is 2.79. The van der Waals surface area contributed by atoms with E-state index >= 15 is 0 Å². The number of rotatable bonds is 7. The largest absolute Gasteiger partial charge is 0.467 e. The zero-order valence-corrected chi connectivity index (χ0v) is 18.2. The number of hydrogen-bond donors (Lipinski definition) is 0. The highest BCUT2D eigenvalue weighted by molar-refractivity contribution is 6.02. The number of hydrogen-bond acceptors (Lipinski definition) is 4. The molecule has 1 heterocycles. The van der Waals surface area contributed by atoms with Crippen LogP contribution >= 0.6 is 0 Å². The average molecular weight is 409 g/mol. The monoisotopic (exact) mass is 408 g/mol. The van der Waals surface area contributed by atoms with E-state index in [9.17, 15) is 9.59 Å². The van der Waals surface area contributed by atoms with Gasteiger partial charge in [-0.25, -0.2) is 4.79 Å². The van der Waals surface area contributed by atoms with E-state index in [0.29, 0.717) is 12.8 Å². The van der Waals surface area contributed by atoms with Gasteiger partial charge in [-0.15, -0.1) is 0 Å². The predicted molar refractivity (Wildman–Crippen MR) is 119 cm³/mol. The summed E-state index contributed by atoms with van der Waals surface area (Å²) in [6.07, 6.45) is 1.85. The van der Waals surface area contributed by atoms with Gasteiger partial charge in [0.05, 0.1) is 7.11 Å². The van der Waals surface area contributed by atoms with Gasteiger partial charge in [0.25, 0.3) is 0 Å². The van der Waals surface area contributed by atoms with Crippen LogP contribution in [0, 0.1) is 5.92 Å². The van der Waals surface area contributed by atoms with E-state index in [2.05, 4.69) is 36.1 Å². The van der Waals surface area contributed by atoms with Gasteiger partial charge in [-0.3, -0.25) is 9.69 Å². The van der Waals surface area contributed by atoms with Gasteiger partial charge in [0, 0.05) is 37.7 Å². The summed E-state index contributed by atoms with van der Waals surface area (Å²) >= 11 is 0. The molecule has 1 aliphatic rings. The molecule has 2 atom stereocenters. The van der Waals surface area contributed by atoms with Gasteiger partial charge >= 0.3 is 5.97 Å². The van der Waals surface area contributed by atoms with E-state index in [1.807, 2.05) is 43.3 Å². The van der Waals surface area contributed by atoms with Crippen LogP contribution in [0.2, 0.25) is 0 Å². The Labute approximate surface area is 179 Å². The second-order valence-corrected chi connectivity index (χ2v) is 8.02. The topological polar surface area (TPSA) is 49.9 Å². The molecule has 0 bridgehead atoms. The van der Waals surface area contributed by atoms with Gasteiger partial charge in [0.15, 0.2) is 0 Å². The minimum atomic E-state index is -0.994. The molecule has 1 saturated heterocycles. The molecule has 0 saturated carbocycles. The zero-order chi connectivity index (χ0) is 21.6. The Morgan fingerprint density at radius 3 is 2.30 bits per heavy atom. The predicted octanol–water partition coefficient (Wildman–Crippen LogP) is 3.93. The number of para-hydroxylation sites is 1. The molecule has 160 valence electrons. The number of benzene rings is 2. The van der Waals surface area contributed by atoms with Crippen molar-refractivity contribution >= 4 is 17.6 Å². The fraction of sp³-hybridized carbons (Fsp3) is 0.440. The molecule has 1 amide bonds. The van der Waals surface area contributed by atoms with Crippen LogP contribution in [-0.2, 0) is 20.7 Å². The van der Waals surface area contributed by atoms with Gasteiger partial charge < -0.3 is 9.64 Å². The Bertz CT molecular complexity index is 840. The molecule has 1 aliphatic heterocycles. The van der Waals surface area contributed by atoms with Gasteiger partial charge in [-0.2, -0.15) is 0 Å². The summed E-state index contributed by atoms with van der Waals surface area (Å²) in [5.74, 6) is -0.454. The third-order valence-corrected chi connectivity index (χ3v) is 6.22. The summed E-state index contributed by atoms with van der Waals surface area (Å²) in [5, 5.41) is 0. The van der Waals surface area contributed by atoms with E-state index in [-0.39, 0.29) is 17.8 Å². The number of amides is 1. The number of nitrogens with zero attached hydrogens (tertiary/aromatic N) is 2. The lowest BCUT2D eigenvalue weighted by Gasteiger charge is -2.50. The molecule has 2 aromatic carbocycles. The lowest BCUT2D eigenvalue weighted by molar-refractivity contribution is -0.153. The molecule has 0 unspecified atom stereocenters. The van der Waals surface area contributed by atoms with Crippen molar-refractivity contribution in [3.63, 3.8) is 0 Å². The minimum absolute atomic E-state index is 0.0591. The maximum Gasteiger partial charge on any atom is 0.332 e. The molecule has 1 fully saturated rings. The third-order valence-electron chi connectivity index (χ3n) is 6.22. The summed E-state index contributed by atoms with van der Waals surface area (Å²) in [7, 11) is 1.41. The Morgan fingerprint density at radius 1 is 1.10 bits per heavy atom. The van der Waals surface area contributed by atoms with Crippen molar-refractivity contribution in [2.75, 3.05) is 31.6 Å². The van der Waals surface area contributed by atoms with E-state index in [1.54, 1.807) is 4.90 Å². The van der Waals surface area contributed by atoms with Crippen LogP contribution in [0.15, 0.2) is 60.7 Å². The van der Waals surface area contributed by atoms with Crippen LogP contribution in [0.1, 0.15) is 32.3 Å². The highest BCUT2D eigenvalue weighted by atomic mass is 16.5. The number of carbonyl (C=O) groups excluding carboxylic acids is 2. The molecule has 2 aromatic rings. The molecule has 30 heavy (non-hydrogen) atoms. The van der Waals surface area contributed by atoms with E-state index in [4.69, 9.17) is 4.74 Å². The van der Waals surface area contributed by atoms with Crippen molar-refractivity contribution in [1.29, 1.82) is 0 Å². The van der Waals surface area contributed by atoms with Crippen molar-refractivity contribution in [1.82, 2.24) is 4.90 Å². The smallest absolute Gasteiger partial charge is 0.332 e. The molecular formula is C25H32N2O3. The maximum atomic E-state index is 13.2. The van der Waals surface area contributed by atoms with Gasteiger partial charge in [0.2, 0.25) is 5.91 Å². The van der Waals surface area contributed by atoms with Crippen molar-refractivity contribution in [2.45, 2.75) is 38.6 Å². The van der Waals surface area contributed by atoms with Gasteiger partial charge in [-0.05, 0) is 30.5 Å². The van der Waals surface area contributed by atoms with E-state index in [1.165, 1.54) is 12.7 Å². The zero-order valence-electron chi connectivity index (χ0n) is 18.2. The van der Waals surface area contributed by atoms with Crippen molar-refractivity contribution in [3.8, 4) is 0 Å². The summed E-state index contributed by atoms with van der Waals surface area (Å²) in [6, 6.07) is 19.9. The number of carbonyl (C=O) groups is 2. The lowest BCUT2D eigenvalue weighted by Crippen LogP contribution is -2.67. The number of anilines is 1. The number of esters is 1. The Balaban J connectivity index is 1.86. The van der Waals surface area contributed by atoms with Crippen LogP contribution < -0.4 is 4.90 Å². The quantitative estimate of drug-likeness (QED) is 0.652. The fourth-order valence-corrected chi connectivity index (χ4v) is 4.58. The fourth-order valence-electron chi connectivity index (χ4n) is 4.58. The van der Waals surface area contributed by atoms with Crippen LogP contribution in [0.25, 0.3) is 0 Å². The van der Waals surface area contributed by atoms with Gasteiger partial charge in [0.1, 0.15) is 5.54 Å². The van der Waals surface area contributed by atoms with Crippen LogP contribution in [0.4, 0.5) is 5.69 Å². The molecule has 0 spiro atoms. The molecule has 5 heteroatoms. The number of methoxy groups -OCH3 is 1. The lowest BCUT2D eigenvalue weighted by atomic mass is 9.76. The first-order chi connectivity index (χ1) is 14.5. The van der Waals surface area contributed by atoms with Crippen molar-refractivity contribution < 1.29 is 14.3 Å². The minimum Gasteiger partial charge on any atom is -0.467 e. The molecule has 0 aliphatic carbocycles. The Hall–Kier alpha value is -2.66. The maximum absolute atomic E-state index is 13.2. The Morgan fingerprint density at radius 2 is 1.73 bits per heavy atom. The molecule has 0 radical (unpaired) electrons. The van der Waals surface area contributed by atoms with Crippen molar-refractivity contribution in [3.05, 3.63) is 66.2 Å². The number of likely N-dealkylation sites (tertiary alicyclic amines) is 1. The van der Waals surface area contributed by atoms with Crippen LogP contribution in [-0.4, -0.2) is 49.1 Å². The normalized spacial score (nSPS) is 21.8. The molecule has 0 aromatic heterocycles. The van der Waals surface area contributed by atoms with Crippen LogP contribution in [0.5, 0.6) is 0 Å². The third kappa shape index (κ3) is 4.41.